The lowest BCUT2D eigenvalue weighted by molar-refractivity contribution is -0.116. The molecule has 92 valence electrons. The number of amides is 1. The number of hydrogen-bond donors (Lipinski definition) is 2. The highest BCUT2D eigenvalue weighted by atomic mass is 19.1. The molecular formula is C13H17FN2O. The number of rotatable bonds is 4. The summed E-state index contributed by atoms with van der Waals surface area (Å²) in [5.74, 6) is 0.0104. The summed E-state index contributed by atoms with van der Waals surface area (Å²) in [6.07, 6.45) is 2.54. The third-order valence-corrected chi connectivity index (χ3v) is 2.97. The monoisotopic (exact) mass is 236 g/mol. The van der Waals surface area contributed by atoms with Crippen LogP contribution in [0.1, 0.15) is 24.8 Å². The predicted octanol–water partition coefficient (Wildman–Crippen LogP) is 2.20. The van der Waals surface area contributed by atoms with E-state index in [0.717, 1.165) is 18.4 Å². The molecule has 4 heteroatoms. The van der Waals surface area contributed by atoms with Crippen molar-refractivity contribution in [1.82, 2.24) is 0 Å². The van der Waals surface area contributed by atoms with Crippen molar-refractivity contribution in [3.05, 3.63) is 29.6 Å². The average molecular weight is 236 g/mol. The molecule has 0 heterocycles. The van der Waals surface area contributed by atoms with Crippen LogP contribution in [0.2, 0.25) is 0 Å². The van der Waals surface area contributed by atoms with Crippen molar-refractivity contribution < 1.29 is 9.18 Å². The molecule has 2 rings (SSSR count). The molecule has 1 saturated carbocycles. The minimum atomic E-state index is -0.341. The van der Waals surface area contributed by atoms with Gasteiger partial charge in [-0.15, -0.1) is 0 Å². The van der Waals surface area contributed by atoms with E-state index in [9.17, 15) is 9.18 Å². The lowest BCUT2D eigenvalue weighted by atomic mass is 10.1. The van der Waals surface area contributed by atoms with E-state index in [1.807, 2.05) is 0 Å². The van der Waals surface area contributed by atoms with Crippen LogP contribution in [-0.4, -0.2) is 11.9 Å². The SMILES string of the molecule is Cc1cc(F)cc(NC(=O)CC(N)C2CC2)c1. The van der Waals surface area contributed by atoms with E-state index < -0.39 is 0 Å². The topological polar surface area (TPSA) is 55.1 Å². The first-order valence-electron chi connectivity index (χ1n) is 5.87. The molecule has 0 saturated heterocycles. The standard InChI is InChI=1S/C13H17FN2O/c1-8-4-10(14)6-11(5-8)16-13(17)7-12(15)9-2-3-9/h4-6,9,12H,2-3,7,15H2,1H3,(H,16,17). The second kappa shape index (κ2) is 4.84. The summed E-state index contributed by atoms with van der Waals surface area (Å²) in [6.45, 7) is 1.79. The summed E-state index contributed by atoms with van der Waals surface area (Å²) < 4.78 is 13.1. The number of benzene rings is 1. The third-order valence-electron chi connectivity index (χ3n) is 2.97. The largest absolute Gasteiger partial charge is 0.327 e. The van der Waals surface area contributed by atoms with E-state index in [1.165, 1.54) is 12.1 Å². The molecule has 1 atom stereocenters. The van der Waals surface area contributed by atoms with Crippen molar-refractivity contribution in [2.24, 2.45) is 11.7 Å². The fourth-order valence-electron chi connectivity index (χ4n) is 1.93. The van der Waals surface area contributed by atoms with Gasteiger partial charge in [0.1, 0.15) is 5.82 Å². The van der Waals surface area contributed by atoms with E-state index >= 15 is 0 Å². The van der Waals surface area contributed by atoms with Crippen molar-refractivity contribution in [1.29, 1.82) is 0 Å². The zero-order valence-corrected chi connectivity index (χ0v) is 9.87. The van der Waals surface area contributed by atoms with E-state index in [-0.39, 0.29) is 17.8 Å². The number of hydrogen-bond acceptors (Lipinski definition) is 2. The molecule has 0 radical (unpaired) electrons. The fraction of sp³-hybridized carbons (Fsp3) is 0.462. The normalized spacial score (nSPS) is 16.6. The van der Waals surface area contributed by atoms with Crippen LogP contribution in [0.3, 0.4) is 0 Å². The Morgan fingerprint density at radius 3 is 2.82 bits per heavy atom. The van der Waals surface area contributed by atoms with Gasteiger partial charge in [0.05, 0.1) is 0 Å². The summed E-state index contributed by atoms with van der Waals surface area (Å²) in [5.41, 5.74) is 7.14. The zero-order valence-electron chi connectivity index (χ0n) is 9.87. The average Bonchev–Trinajstić information content (AvgIpc) is 2.97. The van der Waals surface area contributed by atoms with Crippen LogP contribution < -0.4 is 11.1 Å². The Labute approximate surface area is 100 Å². The van der Waals surface area contributed by atoms with Gasteiger partial charge < -0.3 is 11.1 Å². The Balaban J connectivity index is 1.92. The van der Waals surface area contributed by atoms with Crippen molar-refractivity contribution in [3.8, 4) is 0 Å². The van der Waals surface area contributed by atoms with Gasteiger partial charge in [-0.1, -0.05) is 0 Å². The predicted molar refractivity (Wildman–Crippen MR) is 65.1 cm³/mol. The number of carbonyl (C=O) groups excluding carboxylic acids is 1. The first-order valence-corrected chi connectivity index (χ1v) is 5.87. The number of nitrogens with one attached hydrogen (secondary N) is 1. The first-order chi connectivity index (χ1) is 8.04. The molecule has 0 aromatic heterocycles. The molecule has 1 aliphatic carbocycles. The highest BCUT2D eigenvalue weighted by Crippen LogP contribution is 2.32. The van der Waals surface area contributed by atoms with Crippen LogP contribution in [-0.2, 0) is 4.79 Å². The van der Waals surface area contributed by atoms with E-state index in [2.05, 4.69) is 5.32 Å². The van der Waals surface area contributed by atoms with Crippen LogP contribution in [0, 0.1) is 18.7 Å². The highest BCUT2D eigenvalue weighted by Gasteiger charge is 2.29. The number of anilines is 1. The second-order valence-corrected chi connectivity index (χ2v) is 4.77. The van der Waals surface area contributed by atoms with Crippen LogP contribution >= 0.6 is 0 Å². The molecule has 1 aliphatic rings. The van der Waals surface area contributed by atoms with Gasteiger partial charge in [-0.25, -0.2) is 4.39 Å². The van der Waals surface area contributed by atoms with Crippen LogP contribution in [0.15, 0.2) is 18.2 Å². The van der Waals surface area contributed by atoms with Crippen molar-refractivity contribution in [3.63, 3.8) is 0 Å². The maximum atomic E-state index is 13.1. The van der Waals surface area contributed by atoms with Gasteiger partial charge in [0.25, 0.3) is 0 Å². The molecule has 17 heavy (non-hydrogen) atoms. The molecule has 3 nitrogen and oxygen atoms in total. The summed E-state index contributed by atoms with van der Waals surface area (Å²) in [4.78, 5) is 11.7. The molecule has 1 amide bonds. The lowest BCUT2D eigenvalue weighted by Gasteiger charge is -2.11. The minimum absolute atomic E-state index is 0.0651. The van der Waals surface area contributed by atoms with Crippen LogP contribution in [0.5, 0.6) is 0 Å². The molecule has 1 aromatic carbocycles. The first kappa shape index (κ1) is 12.0. The van der Waals surface area contributed by atoms with Gasteiger partial charge in [0.15, 0.2) is 0 Å². The summed E-state index contributed by atoms with van der Waals surface area (Å²) in [7, 11) is 0. The van der Waals surface area contributed by atoms with E-state index in [1.54, 1.807) is 13.0 Å². The number of aryl methyl sites for hydroxylation is 1. The third kappa shape index (κ3) is 3.53. The number of carbonyl (C=O) groups is 1. The molecular weight excluding hydrogens is 219 g/mol. The molecule has 1 aromatic rings. The molecule has 0 spiro atoms. The molecule has 0 aliphatic heterocycles. The molecule has 3 N–H and O–H groups in total. The summed E-state index contributed by atoms with van der Waals surface area (Å²) in [6, 6.07) is 4.41. The fourth-order valence-corrected chi connectivity index (χ4v) is 1.93. The Bertz CT molecular complexity index is 409. The molecule has 1 unspecified atom stereocenters. The maximum Gasteiger partial charge on any atom is 0.225 e. The molecule has 1 fully saturated rings. The van der Waals surface area contributed by atoms with Crippen molar-refractivity contribution in [2.75, 3.05) is 5.32 Å². The van der Waals surface area contributed by atoms with Crippen LogP contribution in [0.25, 0.3) is 0 Å². The van der Waals surface area contributed by atoms with Gasteiger partial charge in [-0.3, -0.25) is 4.79 Å². The smallest absolute Gasteiger partial charge is 0.225 e. The molecule has 0 bridgehead atoms. The number of nitrogens with two attached hydrogens (primary N) is 1. The minimum Gasteiger partial charge on any atom is -0.327 e. The summed E-state index contributed by atoms with van der Waals surface area (Å²) in [5, 5.41) is 2.68. The zero-order chi connectivity index (χ0) is 12.4. The van der Waals surface area contributed by atoms with Gasteiger partial charge in [-0.2, -0.15) is 0 Å². The Morgan fingerprint density at radius 2 is 2.24 bits per heavy atom. The van der Waals surface area contributed by atoms with E-state index in [4.69, 9.17) is 5.73 Å². The Morgan fingerprint density at radius 1 is 1.53 bits per heavy atom. The summed E-state index contributed by atoms with van der Waals surface area (Å²) >= 11 is 0. The number of halogens is 1. The van der Waals surface area contributed by atoms with Crippen LogP contribution in [0.4, 0.5) is 10.1 Å². The highest BCUT2D eigenvalue weighted by molar-refractivity contribution is 5.91. The maximum absolute atomic E-state index is 13.1. The Hall–Kier alpha value is -1.42. The Kier molecular flexibility index (Phi) is 3.43. The van der Waals surface area contributed by atoms with Gasteiger partial charge in [-0.05, 0) is 49.4 Å². The van der Waals surface area contributed by atoms with Crippen molar-refractivity contribution >= 4 is 11.6 Å². The quantitative estimate of drug-likeness (QED) is 0.842. The van der Waals surface area contributed by atoms with Crippen molar-refractivity contribution in [2.45, 2.75) is 32.2 Å². The van der Waals surface area contributed by atoms with Gasteiger partial charge in [0, 0.05) is 18.2 Å². The van der Waals surface area contributed by atoms with Gasteiger partial charge >= 0.3 is 0 Å². The lowest BCUT2D eigenvalue weighted by Crippen LogP contribution is -2.28. The second-order valence-electron chi connectivity index (χ2n) is 4.77. The van der Waals surface area contributed by atoms with Gasteiger partial charge in [0.2, 0.25) is 5.91 Å². The van der Waals surface area contributed by atoms with E-state index in [0.29, 0.717) is 18.0 Å².